The Balaban J connectivity index is 1.60. The van der Waals surface area contributed by atoms with Gasteiger partial charge in [-0.3, -0.25) is 0 Å². The van der Waals surface area contributed by atoms with Crippen LogP contribution in [0.1, 0.15) is 40.6 Å². The lowest BCUT2D eigenvalue weighted by atomic mass is 10.1. The molecule has 4 aromatic rings. The van der Waals surface area contributed by atoms with Crippen molar-refractivity contribution in [2.24, 2.45) is 0 Å². The molecule has 0 saturated heterocycles. The number of alkyl halides is 3. The second-order valence-electron chi connectivity index (χ2n) is 7.62. The molecule has 0 amide bonds. The van der Waals surface area contributed by atoms with E-state index in [1.165, 1.54) is 29.9 Å². The number of rotatable bonds is 7. The molecule has 0 fully saturated rings. The van der Waals surface area contributed by atoms with E-state index in [-0.39, 0.29) is 6.42 Å². The molecule has 0 spiro atoms. The molecule has 0 saturated carbocycles. The van der Waals surface area contributed by atoms with Gasteiger partial charge in [-0.25, -0.2) is 0 Å². The Kier molecular flexibility index (Phi) is 6.77. The molecular formula is C24H23F3S4. The summed E-state index contributed by atoms with van der Waals surface area (Å²) >= 11 is 6.91. The molecule has 0 aliphatic heterocycles. The van der Waals surface area contributed by atoms with E-state index in [4.69, 9.17) is 0 Å². The van der Waals surface area contributed by atoms with E-state index in [1.54, 1.807) is 34.0 Å². The fraction of sp³-hybridized carbons (Fsp3) is 0.333. The third-order valence-corrected chi connectivity index (χ3v) is 9.88. The SMILES string of the molecule is CCCc1cc(C)sc1-c1ccc(-c2ccc(-c3sc(C)cc3CCC(F)(F)F)s2)s1. The van der Waals surface area contributed by atoms with E-state index >= 15 is 0 Å². The molecule has 31 heavy (non-hydrogen) atoms. The van der Waals surface area contributed by atoms with Gasteiger partial charge in [-0.05, 0) is 74.2 Å². The molecule has 4 aromatic heterocycles. The Bertz CT molecular complexity index is 1170. The highest BCUT2D eigenvalue weighted by Gasteiger charge is 2.27. The van der Waals surface area contributed by atoms with Gasteiger partial charge >= 0.3 is 6.18 Å². The van der Waals surface area contributed by atoms with Gasteiger partial charge in [-0.15, -0.1) is 45.3 Å². The zero-order valence-corrected chi connectivity index (χ0v) is 20.8. The normalized spacial score (nSPS) is 12.1. The van der Waals surface area contributed by atoms with Crippen LogP contribution in [0.5, 0.6) is 0 Å². The summed E-state index contributed by atoms with van der Waals surface area (Å²) in [6, 6.07) is 12.7. The fourth-order valence-electron chi connectivity index (χ4n) is 3.65. The summed E-state index contributed by atoms with van der Waals surface area (Å²) in [5, 5.41) is 0. The summed E-state index contributed by atoms with van der Waals surface area (Å²) in [4.78, 5) is 9.48. The Morgan fingerprint density at radius 3 is 1.58 bits per heavy atom. The summed E-state index contributed by atoms with van der Waals surface area (Å²) in [5.74, 6) is 0. The summed E-state index contributed by atoms with van der Waals surface area (Å²) in [5.41, 5.74) is 2.23. The first-order valence-electron chi connectivity index (χ1n) is 10.2. The highest BCUT2D eigenvalue weighted by Crippen LogP contribution is 2.45. The molecule has 0 aliphatic rings. The number of thiophene rings is 4. The average molecular weight is 497 g/mol. The smallest absolute Gasteiger partial charge is 0.171 e. The summed E-state index contributed by atoms with van der Waals surface area (Å²) < 4.78 is 38.2. The minimum Gasteiger partial charge on any atom is -0.171 e. The molecule has 0 nitrogen and oxygen atoms in total. The maximum atomic E-state index is 12.7. The maximum absolute atomic E-state index is 12.7. The van der Waals surface area contributed by atoms with Crippen molar-refractivity contribution >= 4 is 45.3 Å². The Labute approximate surface area is 197 Å². The Hall–Kier alpha value is -1.41. The topological polar surface area (TPSA) is 0 Å². The van der Waals surface area contributed by atoms with Crippen LogP contribution >= 0.6 is 45.3 Å². The molecule has 7 heteroatoms. The predicted molar refractivity (Wildman–Crippen MR) is 132 cm³/mol. The lowest BCUT2D eigenvalue weighted by molar-refractivity contribution is -0.133. The van der Waals surface area contributed by atoms with E-state index < -0.39 is 12.6 Å². The van der Waals surface area contributed by atoms with Crippen LogP contribution in [0.15, 0.2) is 36.4 Å². The van der Waals surface area contributed by atoms with Crippen LogP contribution in [0, 0.1) is 13.8 Å². The number of aryl methyl sites for hydroxylation is 4. The van der Waals surface area contributed by atoms with Crippen molar-refractivity contribution in [2.75, 3.05) is 0 Å². The van der Waals surface area contributed by atoms with Crippen molar-refractivity contribution in [3.05, 3.63) is 57.3 Å². The molecule has 4 rings (SSSR count). The van der Waals surface area contributed by atoms with Crippen LogP contribution < -0.4 is 0 Å². The van der Waals surface area contributed by atoms with Crippen LogP contribution in [0.4, 0.5) is 13.2 Å². The first-order chi connectivity index (χ1) is 14.7. The average Bonchev–Trinajstić information content (AvgIpc) is 3.45. The maximum Gasteiger partial charge on any atom is 0.389 e. The monoisotopic (exact) mass is 496 g/mol. The zero-order valence-electron chi connectivity index (χ0n) is 17.6. The van der Waals surface area contributed by atoms with E-state index in [9.17, 15) is 13.2 Å². The third kappa shape index (κ3) is 5.33. The molecule has 0 aromatic carbocycles. The van der Waals surface area contributed by atoms with Crippen LogP contribution in [0.25, 0.3) is 29.3 Å². The van der Waals surface area contributed by atoms with Gasteiger partial charge in [0.15, 0.2) is 0 Å². The van der Waals surface area contributed by atoms with E-state index in [1.807, 2.05) is 24.3 Å². The summed E-state index contributed by atoms with van der Waals surface area (Å²) in [6.07, 6.45) is -2.64. The number of hydrogen-bond donors (Lipinski definition) is 0. The van der Waals surface area contributed by atoms with Crippen LogP contribution in [-0.2, 0) is 12.8 Å². The van der Waals surface area contributed by atoms with Crippen molar-refractivity contribution < 1.29 is 13.2 Å². The lowest BCUT2D eigenvalue weighted by Gasteiger charge is -2.06. The molecule has 0 bridgehead atoms. The Morgan fingerprint density at radius 2 is 1.13 bits per heavy atom. The van der Waals surface area contributed by atoms with Crippen molar-refractivity contribution in [1.29, 1.82) is 0 Å². The second kappa shape index (κ2) is 9.22. The first-order valence-corrected chi connectivity index (χ1v) is 13.5. The van der Waals surface area contributed by atoms with E-state index in [2.05, 4.69) is 44.2 Å². The minimum atomic E-state index is -4.13. The van der Waals surface area contributed by atoms with Gasteiger partial charge < -0.3 is 0 Å². The molecule has 164 valence electrons. The number of halogens is 3. The minimum absolute atomic E-state index is 0.0392. The highest BCUT2D eigenvalue weighted by molar-refractivity contribution is 7.28. The van der Waals surface area contributed by atoms with Crippen LogP contribution in [-0.4, -0.2) is 6.18 Å². The third-order valence-electron chi connectivity index (χ3n) is 4.96. The van der Waals surface area contributed by atoms with Gasteiger partial charge in [-0.1, -0.05) is 13.3 Å². The van der Waals surface area contributed by atoms with Gasteiger partial charge in [0.2, 0.25) is 0 Å². The molecule has 0 radical (unpaired) electrons. The van der Waals surface area contributed by atoms with Gasteiger partial charge in [0, 0.05) is 45.4 Å². The van der Waals surface area contributed by atoms with E-state index in [0.717, 1.165) is 33.0 Å². The molecule has 4 heterocycles. The van der Waals surface area contributed by atoms with Crippen molar-refractivity contribution in [3.8, 4) is 29.3 Å². The summed E-state index contributed by atoms with van der Waals surface area (Å²) in [6.45, 7) is 6.33. The van der Waals surface area contributed by atoms with Gasteiger partial charge in [0.25, 0.3) is 0 Å². The molecule has 0 N–H and O–H groups in total. The predicted octanol–water partition coefficient (Wildman–Crippen LogP) is 10.00. The quantitative estimate of drug-likeness (QED) is 0.239. The van der Waals surface area contributed by atoms with Crippen LogP contribution in [0.3, 0.4) is 0 Å². The largest absolute Gasteiger partial charge is 0.389 e. The summed E-state index contributed by atoms with van der Waals surface area (Å²) in [7, 11) is 0. The van der Waals surface area contributed by atoms with Crippen molar-refractivity contribution in [2.45, 2.75) is 52.6 Å². The van der Waals surface area contributed by atoms with Gasteiger partial charge in [0.1, 0.15) is 0 Å². The second-order valence-corrected chi connectivity index (χ2v) is 12.3. The molecule has 0 unspecified atom stereocenters. The Morgan fingerprint density at radius 1 is 0.677 bits per heavy atom. The van der Waals surface area contributed by atoms with Crippen molar-refractivity contribution in [1.82, 2.24) is 0 Å². The standard InChI is InChI=1S/C24H23F3S4/c1-4-5-16-12-14(2)28-22(16)20-8-6-18(30-20)19-7-9-21(31-19)23-17(13-15(3)29-23)10-11-24(25,26)27/h6-9,12-13H,4-5,10-11H2,1-3H3. The molecule has 0 atom stereocenters. The number of hydrogen-bond acceptors (Lipinski definition) is 4. The zero-order chi connectivity index (χ0) is 22.2. The van der Waals surface area contributed by atoms with Gasteiger partial charge in [0.05, 0.1) is 0 Å². The molecular weight excluding hydrogens is 474 g/mol. The fourth-order valence-corrected chi connectivity index (χ4v) is 8.17. The van der Waals surface area contributed by atoms with Crippen molar-refractivity contribution in [3.63, 3.8) is 0 Å². The molecule has 0 aliphatic carbocycles. The lowest BCUT2D eigenvalue weighted by Crippen LogP contribution is -2.08. The van der Waals surface area contributed by atoms with Gasteiger partial charge in [-0.2, -0.15) is 13.2 Å². The first kappa shape index (κ1) is 22.8. The highest BCUT2D eigenvalue weighted by atomic mass is 32.1. The van der Waals surface area contributed by atoms with E-state index in [0.29, 0.717) is 0 Å². The van der Waals surface area contributed by atoms with Crippen LogP contribution in [0.2, 0.25) is 0 Å².